The zero-order valence-electron chi connectivity index (χ0n) is 10.8. The van der Waals surface area contributed by atoms with Gasteiger partial charge >= 0.3 is 0 Å². The van der Waals surface area contributed by atoms with Crippen molar-refractivity contribution in [2.24, 2.45) is 4.99 Å². The van der Waals surface area contributed by atoms with Crippen LogP contribution in [0.3, 0.4) is 0 Å². The van der Waals surface area contributed by atoms with E-state index in [-0.39, 0.29) is 6.04 Å². The summed E-state index contributed by atoms with van der Waals surface area (Å²) >= 11 is 0. The van der Waals surface area contributed by atoms with Gasteiger partial charge in [0.2, 0.25) is 0 Å². The van der Waals surface area contributed by atoms with Gasteiger partial charge in [-0.05, 0) is 50.7 Å². The molecular formula is C16H21N. The molecule has 90 valence electrons. The minimum absolute atomic E-state index is 0.263. The van der Waals surface area contributed by atoms with Crippen LogP contribution in [0, 0.1) is 0 Å². The van der Waals surface area contributed by atoms with Crippen molar-refractivity contribution in [1.82, 2.24) is 0 Å². The van der Waals surface area contributed by atoms with Crippen LogP contribution in [0.1, 0.15) is 51.1 Å². The van der Waals surface area contributed by atoms with Gasteiger partial charge in [-0.1, -0.05) is 36.4 Å². The highest BCUT2D eigenvalue weighted by atomic mass is 14.8. The molecule has 0 heterocycles. The molecule has 0 aromatic heterocycles. The molecule has 0 aliphatic heterocycles. The third-order valence-electron chi connectivity index (χ3n) is 3.42. The number of nitrogens with zero attached hydrogens (tertiary/aromatic N) is 1. The minimum Gasteiger partial charge on any atom is -0.282 e. The number of allylic oxidation sites excluding steroid dienone is 2. The van der Waals surface area contributed by atoms with Gasteiger partial charge in [0.25, 0.3) is 0 Å². The Morgan fingerprint density at radius 1 is 1.18 bits per heavy atom. The molecule has 0 spiro atoms. The van der Waals surface area contributed by atoms with E-state index in [9.17, 15) is 0 Å². The molecule has 0 fully saturated rings. The van der Waals surface area contributed by atoms with Crippen molar-refractivity contribution in [1.29, 1.82) is 0 Å². The number of hydrogen-bond acceptors (Lipinski definition) is 1. The van der Waals surface area contributed by atoms with Gasteiger partial charge in [0.1, 0.15) is 0 Å². The molecule has 0 amide bonds. The van der Waals surface area contributed by atoms with E-state index in [0.717, 1.165) is 0 Å². The second-order valence-corrected chi connectivity index (χ2v) is 4.78. The topological polar surface area (TPSA) is 12.4 Å². The standard InChI is InChI=1S/C16H21N/c1-13(15-9-5-3-6-10-15)17-14(2)16-11-7-4-8-12-16/h3,5-6,9-11,13H,4,7-8,12H2,1-2H3. The van der Waals surface area contributed by atoms with E-state index in [4.69, 9.17) is 4.99 Å². The zero-order chi connectivity index (χ0) is 12.1. The summed E-state index contributed by atoms with van der Waals surface area (Å²) in [7, 11) is 0. The predicted octanol–water partition coefficient (Wildman–Crippen LogP) is 4.71. The molecule has 0 radical (unpaired) electrons. The molecule has 17 heavy (non-hydrogen) atoms. The van der Waals surface area contributed by atoms with Crippen molar-refractivity contribution in [3.63, 3.8) is 0 Å². The summed E-state index contributed by atoms with van der Waals surface area (Å²) in [6.07, 6.45) is 7.45. The Labute approximate surface area is 104 Å². The maximum atomic E-state index is 4.82. The van der Waals surface area contributed by atoms with Crippen LogP contribution in [0.5, 0.6) is 0 Å². The van der Waals surface area contributed by atoms with E-state index in [0.29, 0.717) is 0 Å². The molecular weight excluding hydrogens is 206 g/mol. The maximum Gasteiger partial charge on any atom is 0.0724 e. The Balaban J connectivity index is 2.11. The summed E-state index contributed by atoms with van der Waals surface area (Å²) in [5.41, 5.74) is 3.98. The van der Waals surface area contributed by atoms with Crippen LogP contribution in [-0.2, 0) is 0 Å². The van der Waals surface area contributed by atoms with Crippen molar-refractivity contribution >= 4 is 5.71 Å². The first kappa shape index (κ1) is 12.1. The highest BCUT2D eigenvalue weighted by molar-refractivity contribution is 5.98. The first-order valence-electron chi connectivity index (χ1n) is 6.56. The minimum atomic E-state index is 0.263. The second kappa shape index (κ2) is 5.81. The van der Waals surface area contributed by atoms with E-state index in [1.807, 2.05) is 0 Å². The molecule has 1 aromatic rings. The summed E-state index contributed by atoms with van der Waals surface area (Å²) in [5, 5.41) is 0. The Morgan fingerprint density at radius 3 is 2.59 bits per heavy atom. The van der Waals surface area contributed by atoms with Crippen molar-refractivity contribution in [3.05, 3.63) is 47.5 Å². The lowest BCUT2D eigenvalue weighted by molar-refractivity contribution is 0.714. The summed E-state index contributed by atoms with van der Waals surface area (Å²) in [6.45, 7) is 4.32. The Hall–Kier alpha value is -1.37. The number of aliphatic imine (C=N–C) groups is 1. The van der Waals surface area contributed by atoms with Gasteiger partial charge in [0.15, 0.2) is 0 Å². The normalized spacial score (nSPS) is 18.7. The van der Waals surface area contributed by atoms with Gasteiger partial charge in [0.05, 0.1) is 6.04 Å². The van der Waals surface area contributed by atoms with Gasteiger partial charge in [-0.25, -0.2) is 0 Å². The molecule has 1 heteroatoms. The van der Waals surface area contributed by atoms with Crippen LogP contribution in [0.2, 0.25) is 0 Å². The quantitative estimate of drug-likeness (QED) is 0.663. The van der Waals surface area contributed by atoms with Crippen LogP contribution >= 0.6 is 0 Å². The molecule has 1 nitrogen and oxygen atoms in total. The van der Waals surface area contributed by atoms with E-state index in [1.165, 1.54) is 42.5 Å². The van der Waals surface area contributed by atoms with Crippen molar-refractivity contribution in [2.45, 2.75) is 45.6 Å². The summed E-state index contributed by atoms with van der Waals surface area (Å²) in [5.74, 6) is 0. The lowest BCUT2D eigenvalue weighted by Crippen LogP contribution is -2.04. The fourth-order valence-corrected chi connectivity index (χ4v) is 2.35. The number of hydrogen-bond donors (Lipinski definition) is 0. The SMILES string of the molecule is CC(=NC(C)c1ccccc1)C1=CCCCC1. The third-order valence-corrected chi connectivity index (χ3v) is 3.42. The van der Waals surface area contributed by atoms with E-state index < -0.39 is 0 Å². The largest absolute Gasteiger partial charge is 0.282 e. The summed E-state index contributed by atoms with van der Waals surface area (Å²) in [6, 6.07) is 10.8. The number of benzene rings is 1. The first-order chi connectivity index (χ1) is 8.27. The van der Waals surface area contributed by atoms with Crippen LogP contribution in [-0.4, -0.2) is 5.71 Å². The average molecular weight is 227 g/mol. The Morgan fingerprint density at radius 2 is 1.94 bits per heavy atom. The lowest BCUT2D eigenvalue weighted by Gasteiger charge is -2.14. The van der Waals surface area contributed by atoms with Crippen molar-refractivity contribution in [2.75, 3.05) is 0 Å². The van der Waals surface area contributed by atoms with E-state index in [2.05, 4.69) is 50.3 Å². The average Bonchev–Trinajstić information content (AvgIpc) is 2.40. The predicted molar refractivity (Wildman–Crippen MR) is 74.5 cm³/mol. The maximum absolute atomic E-state index is 4.82. The zero-order valence-corrected chi connectivity index (χ0v) is 10.8. The van der Waals surface area contributed by atoms with Crippen LogP contribution in [0.15, 0.2) is 47.0 Å². The lowest BCUT2D eigenvalue weighted by atomic mass is 9.96. The molecule has 1 aromatic carbocycles. The Kier molecular flexibility index (Phi) is 4.13. The highest BCUT2D eigenvalue weighted by Crippen LogP contribution is 2.22. The van der Waals surface area contributed by atoms with E-state index in [1.54, 1.807) is 0 Å². The molecule has 0 bridgehead atoms. The van der Waals surface area contributed by atoms with Crippen LogP contribution < -0.4 is 0 Å². The molecule has 1 aliphatic carbocycles. The fourth-order valence-electron chi connectivity index (χ4n) is 2.35. The van der Waals surface area contributed by atoms with Gasteiger partial charge in [-0.15, -0.1) is 0 Å². The summed E-state index contributed by atoms with van der Waals surface area (Å²) in [4.78, 5) is 4.82. The second-order valence-electron chi connectivity index (χ2n) is 4.78. The van der Waals surface area contributed by atoms with Crippen molar-refractivity contribution in [3.8, 4) is 0 Å². The van der Waals surface area contributed by atoms with Gasteiger partial charge in [-0.3, -0.25) is 4.99 Å². The van der Waals surface area contributed by atoms with Gasteiger partial charge < -0.3 is 0 Å². The monoisotopic (exact) mass is 227 g/mol. The molecule has 2 rings (SSSR count). The van der Waals surface area contributed by atoms with Gasteiger partial charge in [0, 0.05) is 5.71 Å². The molecule has 0 saturated carbocycles. The van der Waals surface area contributed by atoms with Crippen molar-refractivity contribution < 1.29 is 0 Å². The summed E-state index contributed by atoms with van der Waals surface area (Å²) < 4.78 is 0. The molecule has 1 aliphatic rings. The highest BCUT2D eigenvalue weighted by Gasteiger charge is 2.08. The first-order valence-corrected chi connectivity index (χ1v) is 6.56. The molecule has 0 N–H and O–H groups in total. The molecule has 1 unspecified atom stereocenters. The Bertz CT molecular complexity index is 414. The molecule has 0 saturated heterocycles. The number of rotatable bonds is 3. The van der Waals surface area contributed by atoms with E-state index >= 15 is 0 Å². The fraction of sp³-hybridized carbons (Fsp3) is 0.438. The van der Waals surface area contributed by atoms with Gasteiger partial charge in [-0.2, -0.15) is 0 Å². The smallest absolute Gasteiger partial charge is 0.0724 e. The third kappa shape index (κ3) is 3.29. The molecule has 1 atom stereocenters. The van der Waals surface area contributed by atoms with Crippen LogP contribution in [0.4, 0.5) is 0 Å². The van der Waals surface area contributed by atoms with Crippen LogP contribution in [0.25, 0.3) is 0 Å².